The van der Waals surface area contributed by atoms with Crippen molar-refractivity contribution in [3.05, 3.63) is 113 Å². The fraction of sp³-hybridized carbons (Fsp3) is 0.278. The standard InChI is InChI=1S/C36H35ClN2O9S/c1-6-45-29-18-23(13-15-27(29)48-20-31(40)44-5)33-32(35(42)46-7-2)21(3)38-36-39(33)34(41)30(49-36)17-22-12-14-26(28(16-22)43-4)47-19-24-10-8-9-11-25(24)37/h8-18,33H,6-7,19-20H2,1-5H3/b30-17-/t33-/m0/s1. The van der Waals surface area contributed by atoms with E-state index in [-0.39, 0.29) is 31.0 Å². The number of hydrogen-bond donors (Lipinski definition) is 0. The summed E-state index contributed by atoms with van der Waals surface area (Å²) >= 11 is 7.48. The molecule has 0 spiro atoms. The topological polar surface area (TPSA) is 124 Å². The second kappa shape index (κ2) is 15.9. The van der Waals surface area contributed by atoms with Crippen LogP contribution in [0, 0.1) is 0 Å². The molecule has 5 rings (SSSR count). The number of rotatable bonds is 13. The highest BCUT2D eigenvalue weighted by Gasteiger charge is 2.34. The highest BCUT2D eigenvalue weighted by atomic mass is 35.5. The number of fused-ring (bicyclic) bond motifs is 1. The van der Waals surface area contributed by atoms with E-state index >= 15 is 0 Å². The molecule has 1 atom stereocenters. The van der Waals surface area contributed by atoms with Crippen LogP contribution in [0.1, 0.15) is 43.5 Å². The monoisotopic (exact) mass is 706 g/mol. The normalized spacial score (nSPS) is 14.1. The molecule has 1 aromatic heterocycles. The first-order valence-electron chi connectivity index (χ1n) is 15.4. The number of benzene rings is 3. The van der Waals surface area contributed by atoms with Gasteiger partial charge in [-0.2, -0.15) is 0 Å². The fourth-order valence-corrected chi connectivity index (χ4v) is 6.44. The number of methoxy groups -OCH3 is 2. The van der Waals surface area contributed by atoms with Crippen LogP contribution in [0.25, 0.3) is 6.08 Å². The van der Waals surface area contributed by atoms with Crippen molar-refractivity contribution in [1.29, 1.82) is 0 Å². The van der Waals surface area contributed by atoms with Crippen molar-refractivity contribution in [2.45, 2.75) is 33.4 Å². The summed E-state index contributed by atoms with van der Waals surface area (Å²) < 4.78 is 35.0. The molecular weight excluding hydrogens is 672 g/mol. The third kappa shape index (κ3) is 7.82. The summed E-state index contributed by atoms with van der Waals surface area (Å²) in [6.45, 7) is 5.59. The van der Waals surface area contributed by atoms with Crippen LogP contribution in [0.2, 0.25) is 5.02 Å². The summed E-state index contributed by atoms with van der Waals surface area (Å²) in [5.74, 6) is 0.468. The van der Waals surface area contributed by atoms with Crippen LogP contribution < -0.4 is 33.8 Å². The number of carbonyl (C=O) groups is 2. The minimum Gasteiger partial charge on any atom is -0.493 e. The van der Waals surface area contributed by atoms with Crippen LogP contribution >= 0.6 is 22.9 Å². The number of halogens is 1. The largest absolute Gasteiger partial charge is 0.493 e. The molecule has 0 radical (unpaired) electrons. The van der Waals surface area contributed by atoms with Crippen LogP contribution in [0.5, 0.6) is 23.0 Å². The van der Waals surface area contributed by atoms with E-state index in [2.05, 4.69) is 9.73 Å². The molecule has 3 aromatic carbocycles. The molecule has 0 N–H and O–H groups in total. The average Bonchev–Trinajstić information content (AvgIpc) is 3.40. The molecule has 1 aliphatic heterocycles. The van der Waals surface area contributed by atoms with Gasteiger partial charge >= 0.3 is 11.9 Å². The Hall–Kier alpha value is -5.07. The zero-order valence-corrected chi connectivity index (χ0v) is 29.2. The van der Waals surface area contributed by atoms with Gasteiger partial charge in [0.05, 0.1) is 49.3 Å². The summed E-state index contributed by atoms with van der Waals surface area (Å²) in [6, 6.07) is 16.9. The third-order valence-corrected chi connectivity index (χ3v) is 8.85. The van der Waals surface area contributed by atoms with E-state index in [0.29, 0.717) is 60.8 Å². The number of hydrogen-bond acceptors (Lipinski definition) is 11. The van der Waals surface area contributed by atoms with Crippen LogP contribution in [-0.4, -0.2) is 50.5 Å². The first-order valence-corrected chi connectivity index (χ1v) is 16.6. The molecule has 0 saturated carbocycles. The van der Waals surface area contributed by atoms with E-state index in [1.54, 1.807) is 63.2 Å². The summed E-state index contributed by atoms with van der Waals surface area (Å²) in [4.78, 5) is 44.3. The van der Waals surface area contributed by atoms with E-state index in [1.807, 2.05) is 24.3 Å². The van der Waals surface area contributed by atoms with Crippen LogP contribution in [0.4, 0.5) is 0 Å². The first kappa shape index (κ1) is 35.2. The third-order valence-electron chi connectivity index (χ3n) is 7.50. The van der Waals surface area contributed by atoms with Crippen molar-refractivity contribution in [3.63, 3.8) is 0 Å². The Balaban J connectivity index is 1.56. The van der Waals surface area contributed by atoms with Gasteiger partial charge in [-0.15, -0.1) is 0 Å². The minimum absolute atomic E-state index is 0.136. The van der Waals surface area contributed by atoms with Gasteiger partial charge in [-0.1, -0.05) is 53.3 Å². The average molecular weight is 707 g/mol. The molecule has 0 aliphatic carbocycles. The zero-order valence-electron chi connectivity index (χ0n) is 27.6. The number of aromatic nitrogens is 1. The van der Waals surface area contributed by atoms with Gasteiger partial charge in [-0.25, -0.2) is 14.6 Å². The lowest BCUT2D eigenvalue weighted by atomic mass is 9.95. The maximum atomic E-state index is 14.2. The maximum Gasteiger partial charge on any atom is 0.343 e. The van der Waals surface area contributed by atoms with Crippen molar-refractivity contribution < 1.29 is 38.0 Å². The maximum absolute atomic E-state index is 14.2. The van der Waals surface area contributed by atoms with Crippen molar-refractivity contribution >= 4 is 41.0 Å². The van der Waals surface area contributed by atoms with Gasteiger partial charge < -0.3 is 28.4 Å². The molecule has 2 heterocycles. The van der Waals surface area contributed by atoms with Gasteiger partial charge in [0.1, 0.15) is 6.61 Å². The molecule has 13 heteroatoms. The predicted molar refractivity (Wildman–Crippen MR) is 184 cm³/mol. The van der Waals surface area contributed by atoms with Gasteiger partial charge in [0, 0.05) is 10.6 Å². The van der Waals surface area contributed by atoms with Crippen LogP contribution in [0.15, 0.2) is 81.7 Å². The molecule has 49 heavy (non-hydrogen) atoms. The second-order valence-corrected chi connectivity index (χ2v) is 12.0. The second-order valence-electron chi connectivity index (χ2n) is 10.6. The fourth-order valence-electron chi connectivity index (χ4n) is 5.20. The Morgan fingerprint density at radius 3 is 2.41 bits per heavy atom. The number of nitrogens with zero attached hydrogens (tertiary/aromatic N) is 2. The quantitative estimate of drug-likeness (QED) is 0.177. The van der Waals surface area contributed by atoms with E-state index in [0.717, 1.165) is 5.56 Å². The SMILES string of the molecule is CCOC(=O)C1=C(C)N=c2s/c(=C\c3ccc(OCc4ccccc4Cl)c(OC)c3)c(=O)n2[C@H]1c1ccc(OCC(=O)OC)c(OCC)c1. The molecule has 0 amide bonds. The van der Waals surface area contributed by atoms with E-state index in [9.17, 15) is 14.4 Å². The summed E-state index contributed by atoms with van der Waals surface area (Å²) in [7, 11) is 2.81. The highest BCUT2D eigenvalue weighted by Crippen LogP contribution is 2.36. The smallest absolute Gasteiger partial charge is 0.343 e. The van der Waals surface area contributed by atoms with Gasteiger partial charge in [-0.3, -0.25) is 9.36 Å². The zero-order chi connectivity index (χ0) is 35.1. The number of allylic oxidation sites excluding steroid dienone is 1. The number of thiazole rings is 1. The van der Waals surface area contributed by atoms with E-state index in [1.165, 1.54) is 30.1 Å². The highest BCUT2D eigenvalue weighted by molar-refractivity contribution is 7.07. The first-order chi connectivity index (χ1) is 23.7. The molecule has 11 nitrogen and oxygen atoms in total. The Kier molecular flexibility index (Phi) is 11.4. The van der Waals surface area contributed by atoms with Crippen molar-refractivity contribution in [3.8, 4) is 23.0 Å². The van der Waals surface area contributed by atoms with Crippen molar-refractivity contribution in [2.24, 2.45) is 4.99 Å². The van der Waals surface area contributed by atoms with Crippen LogP contribution in [0.3, 0.4) is 0 Å². The van der Waals surface area contributed by atoms with E-state index in [4.69, 9.17) is 35.3 Å². The number of ether oxygens (including phenoxy) is 6. The lowest BCUT2D eigenvalue weighted by molar-refractivity contribution is -0.143. The molecular formula is C36H35ClN2O9S. The number of esters is 2. The Morgan fingerprint density at radius 1 is 0.939 bits per heavy atom. The molecule has 1 aliphatic rings. The molecule has 0 saturated heterocycles. The Bertz CT molecular complexity index is 2090. The molecule has 0 unspecified atom stereocenters. The lowest BCUT2D eigenvalue weighted by Gasteiger charge is -2.25. The van der Waals surface area contributed by atoms with Gasteiger partial charge in [0.2, 0.25) is 0 Å². The summed E-state index contributed by atoms with van der Waals surface area (Å²) in [6.07, 6.45) is 1.74. The summed E-state index contributed by atoms with van der Waals surface area (Å²) in [5.41, 5.74) is 2.36. The molecule has 256 valence electrons. The van der Waals surface area contributed by atoms with Gasteiger partial charge in [-0.05, 0) is 68.3 Å². The minimum atomic E-state index is -0.888. The molecule has 0 fully saturated rings. The van der Waals surface area contributed by atoms with Gasteiger partial charge in [0.15, 0.2) is 34.4 Å². The Labute approximate surface area is 291 Å². The molecule has 4 aromatic rings. The number of carbonyl (C=O) groups excluding carboxylic acids is 2. The van der Waals surface area contributed by atoms with Crippen molar-refractivity contribution in [2.75, 3.05) is 34.0 Å². The molecule has 0 bridgehead atoms. The van der Waals surface area contributed by atoms with Crippen molar-refractivity contribution in [1.82, 2.24) is 4.57 Å². The Morgan fingerprint density at radius 2 is 1.69 bits per heavy atom. The lowest BCUT2D eigenvalue weighted by Crippen LogP contribution is -2.40. The van der Waals surface area contributed by atoms with E-state index < -0.39 is 18.0 Å². The summed E-state index contributed by atoms with van der Waals surface area (Å²) in [5, 5.41) is 0.602. The van der Waals surface area contributed by atoms with Gasteiger partial charge in [0.25, 0.3) is 5.56 Å². The predicted octanol–water partition coefficient (Wildman–Crippen LogP) is 4.99. The van der Waals surface area contributed by atoms with Crippen LogP contribution in [-0.2, 0) is 25.7 Å².